The second kappa shape index (κ2) is 5.38. The number of carbonyl (C=O) groups excluding carboxylic acids is 2. The summed E-state index contributed by atoms with van der Waals surface area (Å²) in [5.41, 5.74) is 1.38. The predicted octanol–water partition coefficient (Wildman–Crippen LogP) is 3.20. The largest absolute Gasteiger partial charge is 0.298 e. The molecule has 1 aliphatic rings. The molecule has 0 radical (unpaired) electrons. The molecule has 0 saturated carbocycles. The lowest BCUT2D eigenvalue weighted by atomic mass is 10.1. The van der Waals surface area contributed by atoms with Crippen molar-refractivity contribution < 1.29 is 9.59 Å². The van der Waals surface area contributed by atoms with Crippen molar-refractivity contribution in [3.63, 3.8) is 0 Å². The van der Waals surface area contributed by atoms with Crippen LogP contribution in [0.4, 0.5) is 5.69 Å². The summed E-state index contributed by atoms with van der Waals surface area (Å²) in [7, 11) is 0. The second-order valence-electron chi connectivity index (χ2n) is 3.72. The number of allylic oxidation sites excluding steroid dienone is 2. The molecule has 0 bridgehead atoms. The van der Waals surface area contributed by atoms with Gasteiger partial charge in [-0.2, -0.15) is 0 Å². The summed E-state index contributed by atoms with van der Waals surface area (Å²) in [5, 5.41) is 0.457. The van der Waals surface area contributed by atoms with Gasteiger partial charge in [0.1, 0.15) is 22.9 Å². The highest BCUT2D eigenvalue weighted by atomic mass is 35.5. The van der Waals surface area contributed by atoms with E-state index in [4.69, 9.17) is 23.2 Å². The molecule has 0 atom stereocenters. The van der Waals surface area contributed by atoms with Crippen LogP contribution >= 0.6 is 23.2 Å². The number of nitrogens with zero attached hydrogens (tertiary/aromatic N) is 1. The molecule has 0 N–H and O–H groups in total. The minimum atomic E-state index is 0.161. The van der Waals surface area contributed by atoms with Crippen molar-refractivity contribution in [2.45, 2.75) is 6.42 Å². The highest BCUT2D eigenvalue weighted by Crippen LogP contribution is 2.37. The quantitative estimate of drug-likeness (QED) is 0.631. The lowest BCUT2D eigenvalue weighted by molar-refractivity contribution is -0.105. The Morgan fingerprint density at radius 1 is 0.944 bits per heavy atom. The fourth-order valence-corrected chi connectivity index (χ4v) is 2.34. The first-order chi connectivity index (χ1) is 8.69. The Labute approximate surface area is 114 Å². The molecular weight excluding hydrogens is 273 g/mol. The number of rotatable bonds is 3. The summed E-state index contributed by atoms with van der Waals surface area (Å²) in [6.07, 6.45) is 1.45. The maximum atomic E-state index is 11.0. The van der Waals surface area contributed by atoms with E-state index in [9.17, 15) is 9.59 Å². The number of hydrogen-bond acceptors (Lipinski definition) is 3. The van der Waals surface area contributed by atoms with Gasteiger partial charge in [-0.05, 0) is 12.1 Å². The maximum Gasteiger partial charge on any atom is 0.149 e. The molecule has 18 heavy (non-hydrogen) atoms. The molecule has 0 amide bonds. The van der Waals surface area contributed by atoms with Crippen LogP contribution in [0.15, 0.2) is 51.8 Å². The summed E-state index contributed by atoms with van der Waals surface area (Å²) in [6.45, 7) is 0. The molecular formula is C13H9Cl2NO2. The van der Waals surface area contributed by atoms with Gasteiger partial charge in [0, 0.05) is 23.3 Å². The zero-order chi connectivity index (χ0) is 13.1. The van der Waals surface area contributed by atoms with Crippen LogP contribution in [0.1, 0.15) is 6.42 Å². The standard InChI is InChI=1S/C13H9Cl2NO2/c14-12-9(7-17)6-10(8-18)13(15)16(12)11-4-2-1-3-5-11/h1-5,7-8H,6H2. The third-order valence-electron chi connectivity index (χ3n) is 2.60. The van der Waals surface area contributed by atoms with Crippen LogP contribution in [-0.4, -0.2) is 12.6 Å². The topological polar surface area (TPSA) is 37.4 Å². The maximum absolute atomic E-state index is 11.0. The first-order valence-corrected chi connectivity index (χ1v) is 5.97. The van der Waals surface area contributed by atoms with Gasteiger partial charge < -0.3 is 0 Å². The number of anilines is 1. The molecule has 0 aromatic heterocycles. The number of halogens is 2. The Bertz CT molecular complexity index is 519. The highest BCUT2D eigenvalue weighted by Gasteiger charge is 2.26. The van der Waals surface area contributed by atoms with Crippen molar-refractivity contribution >= 4 is 41.5 Å². The number of carbonyl (C=O) groups is 2. The van der Waals surface area contributed by atoms with E-state index in [0.29, 0.717) is 29.4 Å². The normalized spacial score (nSPS) is 16.0. The molecule has 5 heteroatoms. The average Bonchev–Trinajstić information content (AvgIpc) is 2.40. The van der Waals surface area contributed by atoms with Crippen molar-refractivity contribution in [3.05, 3.63) is 51.8 Å². The average molecular weight is 282 g/mol. The van der Waals surface area contributed by atoms with E-state index in [1.54, 1.807) is 12.1 Å². The molecule has 3 nitrogen and oxygen atoms in total. The van der Waals surface area contributed by atoms with Gasteiger partial charge in [-0.1, -0.05) is 41.4 Å². The Hall–Kier alpha value is -1.58. The molecule has 1 heterocycles. The molecule has 1 aromatic carbocycles. The van der Waals surface area contributed by atoms with Crippen LogP contribution in [0.3, 0.4) is 0 Å². The SMILES string of the molecule is O=CC1=C(Cl)N(c2ccccc2)C(Cl)=C(C=O)C1. The van der Waals surface area contributed by atoms with Gasteiger partial charge in [0.2, 0.25) is 0 Å². The van der Waals surface area contributed by atoms with E-state index in [1.807, 2.05) is 18.2 Å². The van der Waals surface area contributed by atoms with Crippen molar-refractivity contribution in [2.75, 3.05) is 4.90 Å². The molecule has 0 fully saturated rings. The monoisotopic (exact) mass is 281 g/mol. The van der Waals surface area contributed by atoms with Crippen molar-refractivity contribution in [1.82, 2.24) is 0 Å². The lowest BCUT2D eigenvalue weighted by Crippen LogP contribution is -2.24. The third kappa shape index (κ3) is 2.19. The fourth-order valence-electron chi connectivity index (χ4n) is 1.71. The summed E-state index contributed by atoms with van der Waals surface area (Å²) in [4.78, 5) is 23.4. The van der Waals surface area contributed by atoms with Crippen molar-refractivity contribution in [3.8, 4) is 0 Å². The Morgan fingerprint density at radius 3 is 1.89 bits per heavy atom. The zero-order valence-corrected chi connectivity index (χ0v) is 10.8. The summed E-state index contributed by atoms with van der Waals surface area (Å²) in [6, 6.07) is 9.07. The van der Waals surface area contributed by atoms with E-state index in [-0.39, 0.29) is 16.7 Å². The molecule has 1 aliphatic heterocycles. The van der Waals surface area contributed by atoms with Gasteiger partial charge >= 0.3 is 0 Å². The molecule has 0 unspecified atom stereocenters. The summed E-state index contributed by atoms with van der Waals surface area (Å²) in [5.74, 6) is 0. The van der Waals surface area contributed by atoms with Gasteiger partial charge in [-0.15, -0.1) is 0 Å². The van der Waals surface area contributed by atoms with Gasteiger partial charge in [0.25, 0.3) is 0 Å². The van der Waals surface area contributed by atoms with E-state index < -0.39 is 0 Å². The van der Waals surface area contributed by atoms with E-state index >= 15 is 0 Å². The third-order valence-corrected chi connectivity index (χ3v) is 3.43. The van der Waals surface area contributed by atoms with Gasteiger partial charge in [0.15, 0.2) is 0 Å². The minimum Gasteiger partial charge on any atom is -0.298 e. The molecule has 0 spiro atoms. The van der Waals surface area contributed by atoms with E-state index in [1.165, 1.54) is 4.90 Å². The Kier molecular flexibility index (Phi) is 3.84. The van der Waals surface area contributed by atoms with Crippen LogP contribution in [0, 0.1) is 0 Å². The van der Waals surface area contributed by atoms with Gasteiger partial charge in [-0.25, -0.2) is 0 Å². The number of benzene rings is 1. The summed E-state index contributed by atoms with van der Waals surface area (Å²) >= 11 is 12.3. The van der Waals surface area contributed by atoms with Crippen LogP contribution in [0.2, 0.25) is 0 Å². The van der Waals surface area contributed by atoms with Crippen molar-refractivity contribution in [2.24, 2.45) is 0 Å². The number of para-hydroxylation sites is 1. The van der Waals surface area contributed by atoms with Crippen LogP contribution in [-0.2, 0) is 9.59 Å². The number of hydrogen-bond donors (Lipinski definition) is 0. The molecule has 0 aliphatic carbocycles. The van der Waals surface area contributed by atoms with Crippen LogP contribution in [0.25, 0.3) is 0 Å². The number of aldehydes is 2. The molecule has 92 valence electrons. The second-order valence-corrected chi connectivity index (χ2v) is 4.43. The lowest BCUT2D eigenvalue weighted by Gasteiger charge is -2.29. The highest BCUT2D eigenvalue weighted by molar-refractivity contribution is 6.39. The Morgan fingerprint density at radius 2 is 1.44 bits per heavy atom. The van der Waals surface area contributed by atoms with Crippen molar-refractivity contribution in [1.29, 1.82) is 0 Å². The van der Waals surface area contributed by atoms with E-state index in [2.05, 4.69) is 0 Å². The first-order valence-electron chi connectivity index (χ1n) is 5.22. The fraction of sp³-hybridized carbons (Fsp3) is 0.0769. The minimum absolute atomic E-state index is 0.161. The smallest absolute Gasteiger partial charge is 0.149 e. The molecule has 2 rings (SSSR count). The Balaban J connectivity index is 2.56. The molecule has 1 aromatic rings. The predicted molar refractivity (Wildman–Crippen MR) is 71.4 cm³/mol. The molecule has 0 saturated heterocycles. The van der Waals surface area contributed by atoms with Crippen LogP contribution in [0.5, 0.6) is 0 Å². The first kappa shape index (κ1) is 12.9. The van der Waals surface area contributed by atoms with Gasteiger partial charge in [0.05, 0.1) is 0 Å². The van der Waals surface area contributed by atoms with Crippen LogP contribution < -0.4 is 4.90 Å². The van der Waals surface area contributed by atoms with E-state index in [0.717, 1.165) is 0 Å². The van der Waals surface area contributed by atoms with Gasteiger partial charge in [-0.3, -0.25) is 14.5 Å². The summed E-state index contributed by atoms with van der Waals surface area (Å²) < 4.78 is 0. The zero-order valence-electron chi connectivity index (χ0n) is 9.27.